The van der Waals surface area contributed by atoms with Gasteiger partial charge in [-0.25, -0.2) is 13.4 Å². The molecule has 0 amide bonds. The third-order valence-electron chi connectivity index (χ3n) is 2.15. The summed E-state index contributed by atoms with van der Waals surface area (Å²) in [6.07, 6.45) is 1.43. The maximum absolute atomic E-state index is 11.1. The zero-order chi connectivity index (χ0) is 12.5. The molecule has 0 aliphatic carbocycles. The number of hydrogen-bond donors (Lipinski definition) is 0. The standard InChI is InChI=1S/C11H7Cl2NO2S/c12-10-6-9(8-4-2-1-3-5-8)7-14-11(10)17(13,15)16/h1-7H. The third kappa shape index (κ3) is 2.77. The fourth-order valence-electron chi connectivity index (χ4n) is 1.39. The van der Waals surface area contributed by atoms with Crippen molar-refractivity contribution in [3.8, 4) is 11.1 Å². The van der Waals surface area contributed by atoms with Crippen LogP contribution in [0.3, 0.4) is 0 Å². The number of aromatic nitrogens is 1. The molecule has 0 atom stereocenters. The first-order valence-corrected chi connectivity index (χ1v) is 7.33. The van der Waals surface area contributed by atoms with Gasteiger partial charge in [0.2, 0.25) is 0 Å². The monoisotopic (exact) mass is 287 g/mol. The second-order valence-electron chi connectivity index (χ2n) is 3.31. The summed E-state index contributed by atoms with van der Waals surface area (Å²) in [4.78, 5) is 3.77. The SMILES string of the molecule is O=S(=O)(Cl)c1ncc(-c2ccccc2)cc1Cl. The van der Waals surface area contributed by atoms with Crippen molar-refractivity contribution in [3.63, 3.8) is 0 Å². The minimum atomic E-state index is -3.90. The van der Waals surface area contributed by atoms with Crippen molar-refractivity contribution in [2.24, 2.45) is 0 Å². The van der Waals surface area contributed by atoms with Crippen LogP contribution in [0.15, 0.2) is 47.6 Å². The molecular formula is C11H7Cl2NO2S. The zero-order valence-electron chi connectivity index (χ0n) is 8.47. The average molecular weight is 288 g/mol. The number of rotatable bonds is 2. The van der Waals surface area contributed by atoms with E-state index < -0.39 is 9.05 Å². The summed E-state index contributed by atoms with van der Waals surface area (Å²) >= 11 is 5.84. The molecule has 17 heavy (non-hydrogen) atoms. The summed E-state index contributed by atoms with van der Waals surface area (Å²) < 4.78 is 22.2. The van der Waals surface area contributed by atoms with Gasteiger partial charge in [0.15, 0.2) is 5.03 Å². The minimum absolute atomic E-state index is 0.0151. The number of nitrogens with zero attached hydrogens (tertiary/aromatic N) is 1. The van der Waals surface area contributed by atoms with Crippen LogP contribution in [0.2, 0.25) is 5.02 Å². The van der Waals surface area contributed by atoms with Gasteiger partial charge in [0.1, 0.15) is 0 Å². The highest BCUT2D eigenvalue weighted by Gasteiger charge is 2.17. The Balaban J connectivity index is 2.53. The fourth-order valence-corrected chi connectivity index (χ4v) is 2.82. The molecule has 1 aromatic heterocycles. The Morgan fingerprint density at radius 1 is 1.06 bits per heavy atom. The minimum Gasteiger partial charge on any atom is -0.242 e. The van der Waals surface area contributed by atoms with Crippen molar-refractivity contribution >= 4 is 31.3 Å². The Bertz CT molecular complexity index is 642. The molecule has 0 aliphatic rings. The van der Waals surface area contributed by atoms with E-state index in [-0.39, 0.29) is 10.0 Å². The maximum Gasteiger partial charge on any atom is 0.280 e. The molecule has 0 spiro atoms. The lowest BCUT2D eigenvalue weighted by molar-refractivity contribution is 0.606. The van der Waals surface area contributed by atoms with Gasteiger partial charge in [-0.05, 0) is 11.6 Å². The molecule has 0 N–H and O–H groups in total. The van der Waals surface area contributed by atoms with E-state index in [0.717, 1.165) is 11.1 Å². The van der Waals surface area contributed by atoms with Crippen molar-refractivity contribution < 1.29 is 8.42 Å². The molecule has 0 saturated carbocycles. The Kier molecular flexibility index (Phi) is 3.38. The van der Waals surface area contributed by atoms with E-state index in [4.69, 9.17) is 22.3 Å². The molecule has 0 saturated heterocycles. The van der Waals surface area contributed by atoms with Gasteiger partial charge >= 0.3 is 0 Å². The van der Waals surface area contributed by atoms with E-state index in [2.05, 4.69) is 4.98 Å². The predicted octanol–water partition coefficient (Wildman–Crippen LogP) is 3.33. The summed E-state index contributed by atoms with van der Waals surface area (Å²) in [5, 5.41) is -0.304. The van der Waals surface area contributed by atoms with Crippen LogP contribution in [0.5, 0.6) is 0 Å². The second kappa shape index (κ2) is 4.64. The van der Waals surface area contributed by atoms with E-state index >= 15 is 0 Å². The van der Waals surface area contributed by atoms with Crippen molar-refractivity contribution in [3.05, 3.63) is 47.6 Å². The number of pyridine rings is 1. The third-order valence-corrected chi connectivity index (χ3v) is 3.77. The van der Waals surface area contributed by atoms with Crippen LogP contribution in [-0.4, -0.2) is 13.4 Å². The van der Waals surface area contributed by atoms with E-state index in [9.17, 15) is 8.42 Å². The van der Waals surface area contributed by atoms with E-state index in [1.807, 2.05) is 30.3 Å². The predicted molar refractivity (Wildman–Crippen MR) is 67.7 cm³/mol. The van der Waals surface area contributed by atoms with Crippen LogP contribution in [0, 0.1) is 0 Å². The summed E-state index contributed by atoms with van der Waals surface area (Å²) in [6.45, 7) is 0. The van der Waals surface area contributed by atoms with Gasteiger partial charge in [-0.3, -0.25) is 0 Å². The molecule has 0 fully saturated rings. The van der Waals surface area contributed by atoms with E-state index in [0.29, 0.717) is 0 Å². The first-order chi connectivity index (χ1) is 7.98. The van der Waals surface area contributed by atoms with Crippen LogP contribution in [0.25, 0.3) is 11.1 Å². The molecular weight excluding hydrogens is 281 g/mol. The van der Waals surface area contributed by atoms with Crippen LogP contribution in [0.1, 0.15) is 0 Å². The van der Waals surface area contributed by atoms with Crippen molar-refractivity contribution in [2.45, 2.75) is 5.03 Å². The molecule has 1 aromatic carbocycles. The summed E-state index contributed by atoms with van der Waals surface area (Å²) in [7, 11) is 1.28. The molecule has 0 bridgehead atoms. The Morgan fingerprint density at radius 3 is 2.24 bits per heavy atom. The molecule has 6 heteroatoms. The fraction of sp³-hybridized carbons (Fsp3) is 0. The van der Waals surface area contributed by atoms with Crippen molar-refractivity contribution in [2.75, 3.05) is 0 Å². The average Bonchev–Trinajstić information content (AvgIpc) is 2.28. The van der Waals surface area contributed by atoms with Crippen LogP contribution in [-0.2, 0) is 9.05 Å². The summed E-state index contributed by atoms with van der Waals surface area (Å²) in [6, 6.07) is 10.9. The molecule has 1 heterocycles. The second-order valence-corrected chi connectivity index (χ2v) is 6.20. The highest BCUT2D eigenvalue weighted by molar-refractivity contribution is 8.13. The Labute approximate surface area is 108 Å². The van der Waals surface area contributed by atoms with Gasteiger partial charge in [-0.1, -0.05) is 41.9 Å². The van der Waals surface area contributed by atoms with Crippen molar-refractivity contribution in [1.29, 1.82) is 0 Å². The topological polar surface area (TPSA) is 47.0 Å². The molecule has 0 radical (unpaired) electrons. The largest absolute Gasteiger partial charge is 0.280 e. The van der Waals surface area contributed by atoms with Gasteiger partial charge in [0.05, 0.1) is 5.02 Å². The van der Waals surface area contributed by atoms with Crippen molar-refractivity contribution in [1.82, 2.24) is 4.98 Å². The van der Waals surface area contributed by atoms with Gasteiger partial charge in [0, 0.05) is 22.4 Å². The quantitative estimate of drug-likeness (QED) is 0.796. The Hall–Kier alpha value is -1.10. The lowest BCUT2D eigenvalue weighted by atomic mass is 10.1. The number of benzene rings is 1. The summed E-state index contributed by atoms with van der Waals surface area (Å²) in [5.41, 5.74) is 1.64. The van der Waals surface area contributed by atoms with Crippen LogP contribution >= 0.6 is 22.3 Å². The maximum atomic E-state index is 11.1. The van der Waals surface area contributed by atoms with Gasteiger partial charge in [-0.2, -0.15) is 0 Å². The highest BCUT2D eigenvalue weighted by Crippen LogP contribution is 2.27. The summed E-state index contributed by atoms with van der Waals surface area (Å²) in [5.74, 6) is 0. The van der Waals surface area contributed by atoms with Gasteiger partial charge in [0.25, 0.3) is 9.05 Å². The van der Waals surface area contributed by atoms with E-state index in [1.165, 1.54) is 12.3 Å². The molecule has 3 nitrogen and oxygen atoms in total. The normalized spacial score (nSPS) is 11.4. The molecule has 0 unspecified atom stereocenters. The molecule has 88 valence electrons. The van der Waals surface area contributed by atoms with Gasteiger partial charge in [-0.15, -0.1) is 0 Å². The molecule has 2 aromatic rings. The lowest BCUT2D eigenvalue weighted by Gasteiger charge is -2.03. The molecule has 0 aliphatic heterocycles. The Morgan fingerprint density at radius 2 is 1.71 bits per heavy atom. The van der Waals surface area contributed by atoms with Crippen LogP contribution < -0.4 is 0 Å². The smallest absolute Gasteiger partial charge is 0.242 e. The first kappa shape index (κ1) is 12.4. The lowest BCUT2D eigenvalue weighted by Crippen LogP contribution is -1.96. The number of halogens is 2. The first-order valence-electron chi connectivity index (χ1n) is 4.64. The van der Waals surface area contributed by atoms with Gasteiger partial charge < -0.3 is 0 Å². The molecule has 2 rings (SSSR count). The highest BCUT2D eigenvalue weighted by atomic mass is 35.7. The van der Waals surface area contributed by atoms with Crippen LogP contribution in [0.4, 0.5) is 0 Å². The zero-order valence-corrected chi connectivity index (χ0v) is 10.8. The number of hydrogen-bond acceptors (Lipinski definition) is 3. The van der Waals surface area contributed by atoms with E-state index in [1.54, 1.807) is 0 Å².